The lowest BCUT2D eigenvalue weighted by Crippen LogP contribution is -2.18. The third-order valence-electron chi connectivity index (χ3n) is 1.61. The summed E-state index contributed by atoms with van der Waals surface area (Å²) < 4.78 is 0. The van der Waals surface area contributed by atoms with Crippen molar-refractivity contribution < 1.29 is 0 Å². The number of rotatable bonds is 4. The van der Waals surface area contributed by atoms with Crippen LogP contribution in [-0.2, 0) is 0 Å². The van der Waals surface area contributed by atoms with Crippen LogP contribution in [0.5, 0.6) is 0 Å². The lowest BCUT2D eigenvalue weighted by atomic mass is 10.3. The fourth-order valence-electron chi connectivity index (χ4n) is 1.02. The molecule has 0 aliphatic rings. The van der Waals surface area contributed by atoms with Crippen molar-refractivity contribution >= 4 is 17.6 Å². The van der Waals surface area contributed by atoms with Gasteiger partial charge in [0, 0.05) is 11.8 Å². The Bertz CT molecular complexity index is 248. The zero-order valence-electron chi connectivity index (χ0n) is 8.24. The second-order valence-electron chi connectivity index (χ2n) is 3.06. The Morgan fingerprint density at radius 1 is 1.46 bits per heavy atom. The van der Waals surface area contributed by atoms with Crippen LogP contribution in [0.4, 0.5) is 5.82 Å². The molecule has 1 rings (SSSR count). The molecule has 1 heterocycles. The SMILES string of the molecule is CSCC(C)Nc1ccc(C)nn1. The van der Waals surface area contributed by atoms with E-state index in [9.17, 15) is 0 Å². The molecule has 1 N–H and O–H groups in total. The minimum atomic E-state index is 0.437. The summed E-state index contributed by atoms with van der Waals surface area (Å²) in [6.07, 6.45) is 2.10. The molecule has 4 heteroatoms. The standard InChI is InChI=1S/C9H15N3S/c1-7-4-5-9(12-11-7)10-8(2)6-13-3/h4-5,8H,6H2,1-3H3,(H,10,12). The molecule has 0 saturated carbocycles. The van der Waals surface area contributed by atoms with E-state index in [0.29, 0.717) is 6.04 Å². The molecule has 0 amide bonds. The van der Waals surface area contributed by atoms with Crippen molar-refractivity contribution in [2.75, 3.05) is 17.3 Å². The van der Waals surface area contributed by atoms with Gasteiger partial charge in [-0.1, -0.05) is 0 Å². The van der Waals surface area contributed by atoms with E-state index >= 15 is 0 Å². The van der Waals surface area contributed by atoms with E-state index < -0.39 is 0 Å². The van der Waals surface area contributed by atoms with Gasteiger partial charge >= 0.3 is 0 Å². The second-order valence-corrected chi connectivity index (χ2v) is 3.97. The maximum Gasteiger partial charge on any atom is 0.148 e. The van der Waals surface area contributed by atoms with Crippen LogP contribution < -0.4 is 5.32 Å². The Morgan fingerprint density at radius 2 is 2.23 bits per heavy atom. The largest absolute Gasteiger partial charge is 0.365 e. The normalized spacial score (nSPS) is 12.5. The van der Waals surface area contributed by atoms with Crippen molar-refractivity contribution in [1.29, 1.82) is 0 Å². The summed E-state index contributed by atoms with van der Waals surface area (Å²) in [5.74, 6) is 1.93. The van der Waals surface area contributed by atoms with E-state index in [1.54, 1.807) is 0 Å². The molecule has 0 radical (unpaired) electrons. The smallest absolute Gasteiger partial charge is 0.148 e. The third-order valence-corrected chi connectivity index (χ3v) is 2.44. The first-order valence-electron chi connectivity index (χ1n) is 4.28. The van der Waals surface area contributed by atoms with Crippen LogP contribution in [0, 0.1) is 6.92 Å². The molecule has 3 nitrogen and oxygen atoms in total. The van der Waals surface area contributed by atoms with Crippen molar-refractivity contribution in [2.45, 2.75) is 19.9 Å². The van der Waals surface area contributed by atoms with Crippen molar-refractivity contribution in [3.63, 3.8) is 0 Å². The molecule has 1 aromatic rings. The summed E-state index contributed by atoms with van der Waals surface area (Å²) in [5, 5.41) is 11.3. The molecule has 1 unspecified atom stereocenters. The molecule has 0 aromatic carbocycles. The molecule has 1 atom stereocenters. The van der Waals surface area contributed by atoms with Gasteiger partial charge in [0.2, 0.25) is 0 Å². The molecule has 0 aliphatic carbocycles. The number of thioether (sulfide) groups is 1. The molecular weight excluding hydrogens is 182 g/mol. The van der Waals surface area contributed by atoms with Crippen LogP contribution in [0.2, 0.25) is 0 Å². The highest BCUT2D eigenvalue weighted by Crippen LogP contribution is 2.05. The molecular formula is C9H15N3S. The molecule has 0 bridgehead atoms. The van der Waals surface area contributed by atoms with Crippen molar-refractivity contribution in [1.82, 2.24) is 10.2 Å². The average Bonchev–Trinajstić information content (AvgIpc) is 2.09. The summed E-state index contributed by atoms with van der Waals surface area (Å²) in [4.78, 5) is 0. The molecule has 1 aromatic heterocycles. The number of hydrogen-bond donors (Lipinski definition) is 1. The maximum atomic E-state index is 4.03. The Balaban J connectivity index is 2.49. The van der Waals surface area contributed by atoms with Crippen LogP contribution in [0.15, 0.2) is 12.1 Å². The number of aryl methyl sites for hydroxylation is 1. The lowest BCUT2D eigenvalue weighted by Gasteiger charge is -2.11. The average molecular weight is 197 g/mol. The van der Waals surface area contributed by atoms with Crippen LogP contribution in [0.25, 0.3) is 0 Å². The molecule has 0 aliphatic heterocycles. The third kappa shape index (κ3) is 3.63. The highest BCUT2D eigenvalue weighted by Gasteiger charge is 2.01. The first-order valence-corrected chi connectivity index (χ1v) is 5.67. The number of nitrogens with one attached hydrogen (secondary N) is 1. The zero-order chi connectivity index (χ0) is 9.68. The Kier molecular flexibility index (Phi) is 4.02. The van der Waals surface area contributed by atoms with Gasteiger partial charge in [-0.2, -0.15) is 16.9 Å². The van der Waals surface area contributed by atoms with Crippen molar-refractivity contribution in [3.05, 3.63) is 17.8 Å². The molecule has 0 saturated heterocycles. The van der Waals surface area contributed by atoms with E-state index in [0.717, 1.165) is 17.3 Å². The van der Waals surface area contributed by atoms with E-state index in [1.807, 2.05) is 30.8 Å². The summed E-state index contributed by atoms with van der Waals surface area (Å²) in [7, 11) is 0. The van der Waals surface area contributed by atoms with Gasteiger partial charge in [0.1, 0.15) is 5.82 Å². The first-order chi connectivity index (χ1) is 6.22. The Morgan fingerprint density at radius 3 is 2.77 bits per heavy atom. The van der Waals surface area contributed by atoms with E-state index in [4.69, 9.17) is 0 Å². The van der Waals surface area contributed by atoms with Crippen molar-refractivity contribution in [2.24, 2.45) is 0 Å². The predicted octanol–water partition coefficient (Wildman–Crippen LogP) is 1.95. The van der Waals surface area contributed by atoms with E-state index in [2.05, 4.69) is 28.7 Å². The molecule has 13 heavy (non-hydrogen) atoms. The maximum absolute atomic E-state index is 4.03. The minimum absolute atomic E-state index is 0.437. The quantitative estimate of drug-likeness (QED) is 0.800. The fraction of sp³-hybridized carbons (Fsp3) is 0.556. The number of hydrogen-bond acceptors (Lipinski definition) is 4. The van der Waals surface area contributed by atoms with Gasteiger partial charge in [-0.05, 0) is 32.2 Å². The predicted molar refractivity (Wildman–Crippen MR) is 58.2 cm³/mol. The second kappa shape index (κ2) is 5.07. The summed E-state index contributed by atoms with van der Waals surface area (Å²) in [6, 6.07) is 4.35. The lowest BCUT2D eigenvalue weighted by molar-refractivity contribution is 0.878. The number of nitrogens with zero attached hydrogens (tertiary/aromatic N) is 2. The van der Waals surface area contributed by atoms with Gasteiger partial charge < -0.3 is 5.32 Å². The van der Waals surface area contributed by atoms with Gasteiger partial charge in [0.15, 0.2) is 0 Å². The van der Waals surface area contributed by atoms with Gasteiger partial charge in [-0.15, -0.1) is 5.10 Å². The highest BCUT2D eigenvalue weighted by molar-refractivity contribution is 7.98. The topological polar surface area (TPSA) is 37.8 Å². The van der Waals surface area contributed by atoms with Crippen LogP contribution in [0.3, 0.4) is 0 Å². The van der Waals surface area contributed by atoms with Crippen LogP contribution in [-0.4, -0.2) is 28.2 Å². The number of aromatic nitrogens is 2. The van der Waals surface area contributed by atoms with Gasteiger partial charge in [0.05, 0.1) is 5.69 Å². The highest BCUT2D eigenvalue weighted by atomic mass is 32.2. The fourth-order valence-corrected chi connectivity index (χ4v) is 1.60. The monoisotopic (exact) mass is 197 g/mol. The van der Waals surface area contributed by atoms with Crippen LogP contribution >= 0.6 is 11.8 Å². The Hall–Kier alpha value is -0.770. The minimum Gasteiger partial charge on any atom is -0.365 e. The van der Waals surface area contributed by atoms with E-state index in [1.165, 1.54) is 0 Å². The van der Waals surface area contributed by atoms with E-state index in [-0.39, 0.29) is 0 Å². The molecule has 0 spiro atoms. The van der Waals surface area contributed by atoms with Gasteiger partial charge in [-0.25, -0.2) is 0 Å². The van der Waals surface area contributed by atoms with Crippen LogP contribution in [0.1, 0.15) is 12.6 Å². The zero-order valence-corrected chi connectivity index (χ0v) is 9.06. The number of anilines is 1. The van der Waals surface area contributed by atoms with Crippen molar-refractivity contribution in [3.8, 4) is 0 Å². The van der Waals surface area contributed by atoms with Gasteiger partial charge in [-0.3, -0.25) is 0 Å². The summed E-state index contributed by atoms with van der Waals surface area (Å²) >= 11 is 1.82. The molecule has 0 fully saturated rings. The molecule has 72 valence electrons. The Labute approximate surface area is 83.3 Å². The summed E-state index contributed by atoms with van der Waals surface area (Å²) in [6.45, 7) is 4.07. The van der Waals surface area contributed by atoms with Gasteiger partial charge in [0.25, 0.3) is 0 Å². The summed E-state index contributed by atoms with van der Waals surface area (Å²) in [5.41, 5.74) is 0.947. The first kappa shape index (κ1) is 10.3.